The van der Waals surface area contributed by atoms with Crippen LogP contribution < -0.4 is 0 Å². The standard InChI is InChI=1S/C24H30N2O4/c1-7-26(23(28)19-13-18(19)17-11-9-8-10-12-17)16(4)22(27)20-14(2)21(24(29)30-6)25(5)15(20)3/h8-12,16,18-19H,7,13H2,1-6H3/t16-,18+,19+/m1/s1. The third kappa shape index (κ3) is 3.66. The molecule has 1 aromatic heterocycles. The largest absolute Gasteiger partial charge is 0.464 e. The maximum atomic E-state index is 13.4. The minimum atomic E-state index is -0.607. The minimum Gasteiger partial charge on any atom is -0.464 e. The zero-order chi connectivity index (χ0) is 22.2. The second-order valence-electron chi connectivity index (χ2n) is 8.01. The number of hydrogen-bond donors (Lipinski definition) is 0. The van der Waals surface area contributed by atoms with Crippen molar-refractivity contribution in [3.63, 3.8) is 0 Å². The molecule has 1 saturated carbocycles. The van der Waals surface area contributed by atoms with Crippen molar-refractivity contribution >= 4 is 17.7 Å². The molecular formula is C24H30N2O4. The molecule has 2 aromatic rings. The van der Waals surface area contributed by atoms with Crippen LogP contribution in [0.5, 0.6) is 0 Å². The number of rotatable bonds is 7. The number of benzene rings is 1. The number of carbonyl (C=O) groups excluding carboxylic acids is 3. The molecule has 1 heterocycles. The van der Waals surface area contributed by atoms with Gasteiger partial charge in [-0.05, 0) is 51.2 Å². The Balaban J connectivity index is 1.83. The van der Waals surface area contributed by atoms with Gasteiger partial charge in [0.05, 0.1) is 13.2 Å². The maximum absolute atomic E-state index is 13.4. The molecule has 0 aliphatic heterocycles. The lowest BCUT2D eigenvalue weighted by atomic mass is 9.99. The predicted octanol–water partition coefficient (Wildman–Crippen LogP) is 3.65. The first-order valence-electron chi connectivity index (χ1n) is 10.4. The van der Waals surface area contributed by atoms with E-state index in [4.69, 9.17) is 4.74 Å². The monoisotopic (exact) mass is 410 g/mol. The number of carbonyl (C=O) groups is 3. The molecule has 0 spiro atoms. The van der Waals surface area contributed by atoms with Gasteiger partial charge in [0.15, 0.2) is 5.78 Å². The summed E-state index contributed by atoms with van der Waals surface area (Å²) < 4.78 is 6.56. The Morgan fingerprint density at radius 2 is 1.83 bits per heavy atom. The zero-order valence-electron chi connectivity index (χ0n) is 18.6. The van der Waals surface area contributed by atoms with Gasteiger partial charge in [0.2, 0.25) is 5.91 Å². The van der Waals surface area contributed by atoms with Crippen molar-refractivity contribution in [1.29, 1.82) is 0 Å². The SMILES string of the molecule is CCN(C(=O)[C@H]1C[C@H]1c1ccccc1)[C@H](C)C(=O)c1c(C)c(C(=O)OC)n(C)c1C. The number of ether oxygens (including phenoxy) is 1. The van der Waals surface area contributed by atoms with Gasteiger partial charge in [-0.25, -0.2) is 4.79 Å². The molecule has 0 saturated heterocycles. The van der Waals surface area contributed by atoms with Gasteiger partial charge in [-0.3, -0.25) is 9.59 Å². The molecule has 160 valence electrons. The summed E-state index contributed by atoms with van der Waals surface area (Å²) in [6, 6.07) is 9.43. The van der Waals surface area contributed by atoms with Crippen LogP contribution in [0.2, 0.25) is 0 Å². The molecule has 3 atom stereocenters. The van der Waals surface area contributed by atoms with Crippen molar-refractivity contribution in [2.75, 3.05) is 13.7 Å². The van der Waals surface area contributed by atoms with Crippen molar-refractivity contribution in [1.82, 2.24) is 9.47 Å². The summed E-state index contributed by atoms with van der Waals surface area (Å²) in [6.45, 7) is 7.69. The van der Waals surface area contributed by atoms with Gasteiger partial charge in [-0.1, -0.05) is 30.3 Å². The summed E-state index contributed by atoms with van der Waals surface area (Å²) >= 11 is 0. The van der Waals surface area contributed by atoms with Gasteiger partial charge in [0.25, 0.3) is 0 Å². The average molecular weight is 411 g/mol. The second-order valence-corrected chi connectivity index (χ2v) is 8.01. The third-order valence-corrected chi connectivity index (χ3v) is 6.36. The van der Waals surface area contributed by atoms with Gasteiger partial charge in [0.1, 0.15) is 5.69 Å². The molecule has 6 nitrogen and oxygen atoms in total. The molecule has 1 amide bonds. The first kappa shape index (κ1) is 21.8. The topological polar surface area (TPSA) is 68.6 Å². The van der Waals surface area contributed by atoms with Crippen LogP contribution in [-0.4, -0.2) is 46.8 Å². The van der Waals surface area contributed by atoms with Crippen molar-refractivity contribution in [2.24, 2.45) is 13.0 Å². The second kappa shape index (κ2) is 8.46. The highest BCUT2D eigenvalue weighted by atomic mass is 16.5. The van der Waals surface area contributed by atoms with E-state index in [1.54, 1.807) is 30.4 Å². The highest BCUT2D eigenvalue weighted by Crippen LogP contribution is 2.48. The first-order valence-corrected chi connectivity index (χ1v) is 10.4. The highest BCUT2D eigenvalue weighted by Gasteiger charge is 2.47. The van der Waals surface area contributed by atoms with Crippen LogP contribution >= 0.6 is 0 Å². The number of amides is 1. The van der Waals surface area contributed by atoms with Crippen LogP contribution in [0.3, 0.4) is 0 Å². The van der Waals surface area contributed by atoms with E-state index in [1.807, 2.05) is 44.2 Å². The Morgan fingerprint density at radius 1 is 1.20 bits per heavy atom. The molecule has 0 bridgehead atoms. The Labute approximate surface area is 177 Å². The quantitative estimate of drug-likeness (QED) is 0.516. The molecule has 1 fully saturated rings. The Hall–Kier alpha value is -2.89. The molecule has 1 aliphatic rings. The smallest absolute Gasteiger partial charge is 0.354 e. The van der Waals surface area contributed by atoms with Crippen LogP contribution in [0.1, 0.15) is 63.9 Å². The van der Waals surface area contributed by atoms with Gasteiger partial charge in [-0.15, -0.1) is 0 Å². The minimum absolute atomic E-state index is 0.0200. The fourth-order valence-electron chi connectivity index (χ4n) is 4.45. The van der Waals surface area contributed by atoms with E-state index >= 15 is 0 Å². The van der Waals surface area contributed by atoms with Crippen LogP contribution in [0, 0.1) is 19.8 Å². The summed E-state index contributed by atoms with van der Waals surface area (Å²) in [5.74, 6) is -0.459. The lowest BCUT2D eigenvalue weighted by Gasteiger charge is -2.27. The van der Waals surface area contributed by atoms with E-state index < -0.39 is 12.0 Å². The molecule has 1 aliphatic carbocycles. The van der Waals surface area contributed by atoms with Crippen molar-refractivity contribution < 1.29 is 19.1 Å². The molecule has 3 rings (SSSR count). The van der Waals surface area contributed by atoms with E-state index in [0.29, 0.717) is 29.1 Å². The third-order valence-electron chi connectivity index (χ3n) is 6.36. The van der Waals surface area contributed by atoms with Gasteiger partial charge in [0, 0.05) is 30.8 Å². The van der Waals surface area contributed by atoms with E-state index in [9.17, 15) is 14.4 Å². The number of aromatic nitrogens is 1. The van der Waals surface area contributed by atoms with E-state index in [-0.39, 0.29) is 23.5 Å². The Kier molecular flexibility index (Phi) is 6.15. The fraction of sp³-hybridized carbons (Fsp3) is 0.458. The van der Waals surface area contributed by atoms with Crippen molar-refractivity contribution in [3.05, 3.63) is 58.4 Å². The van der Waals surface area contributed by atoms with Crippen LogP contribution in [0.4, 0.5) is 0 Å². The normalized spacial score (nSPS) is 18.6. The van der Waals surface area contributed by atoms with E-state index in [1.165, 1.54) is 12.7 Å². The molecule has 6 heteroatoms. The Bertz CT molecular complexity index is 977. The number of hydrogen-bond acceptors (Lipinski definition) is 4. The van der Waals surface area contributed by atoms with Crippen LogP contribution in [0.15, 0.2) is 30.3 Å². The van der Waals surface area contributed by atoms with Crippen molar-refractivity contribution in [3.8, 4) is 0 Å². The predicted molar refractivity (Wildman–Crippen MR) is 115 cm³/mol. The summed E-state index contributed by atoms with van der Waals surface area (Å²) in [5, 5.41) is 0. The maximum Gasteiger partial charge on any atom is 0.354 e. The van der Waals surface area contributed by atoms with Gasteiger partial charge >= 0.3 is 5.97 Å². The highest BCUT2D eigenvalue weighted by molar-refractivity contribution is 6.06. The molecule has 0 N–H and O–H groups in total. The number of methoxy groups -OCH3 is 1. The Morgan fingerprint density at radius 3 is 2.40 bits per heavy atom. The van der Waals surface area contributed by atoms with Gasteiger partial charge in [-0.2, -0.15) is 0 Å². The molecule has 0 radical (unpaired) electrons. The first-order chi connectivity index (χ1) is 14.2. The average Bonchev–Trinajstić information content (AvgIpc) is 3.51. The van der Waals surface area contributed by atoms with Gasteiger partial charge < -0.3 is 14.2 Å². The van der Waals surface area contributed by atoms with Crippen LogP contribution in [-0.2, 0) is 16.6 Å². The summed E-state index contributed by atoms with van der Waals surface area (Å²) in [5.41, 5.74) is 3.32. The number of likely N-dealkylation sites (N-methyl/N-ethyl adjacent to an activating group) is 1. The lowest BCUT2D eigenvalue weighted by molar-refractivity contribution is -0.133. The summed E-state index contributed by atoms with van der Waals surface area (Å²) in [4.78, 5) is 40.4. The summed E-state index contributed by atoms with van der Waals surface area (Å²) in [7, 11) is 3.07. The summed E-state index contributed by atoms with van der Waals surface area (Å²) in [6.07, 6.45) is 0.816. The van der Waals surface area contributed by atoms with Crippen molar-refractivity contribution in [2.45, 2.75) is 46.1 Å². The zero-order valence-corrected chi connectivity index (χ0v) is 18.6. The molecule has 1 aromatic carbocycles. The molecule has 0 unspecified atom stereocenters. The van der Waals surface area contributed by atoms with Crippen LogP contribution in [0.25, 0.3) is 0 Å². The molecular weight excluding hydrogens is 380 g/mol. The molecule has 30 heavy (non-hydrogen) atoms. The number of esters is 1. The number of nitrogens with zero attached hydrogens (tertiary/aromatic N) is 2. The number of Topliss-reactive ketones (excluding diaryl/α,β-unsaturated/α-hetero) is 1. The fourth-order valence-corrected chi connectivity index (χ4v) is 4.45. The van der Waals surface area contributed by atoms with E-state index in [2.05, 4.69) is 0 Å². The lowest BCUT2D eigenvalue weighted by Crippen LogP contribution is -2.44. The number of ketones is 1. The van der Waals surface area contributed by atoms with E-state index in [0.717, 1.165) is 6.42 Å².